The average Bonchev–Trinajstić information content (AvgIpc) is 2.83. The number of nitrogens with one attached hydrogen (secondary N) is 1. The summed E-state index contributed by atoms with van der Waals surface area (Å²) in [4.78, 5) is 16.7. The Morgan fingerprint density at radius 3 is 2.57 bits per heavy atom. The highest BCUT2D eigenvalue weighted by Gasteiger charge is 2.35. The highest BCUT2D eigenvalue weighted by Crippen LogP contribution is 2.25. The first-order valence-corrected chi connectivity index (χ1v) is 5.90. The molecule has 0 aliphatic heterocycles. The van der Waals surface area contributed by atoms with Crippen molar-refractivity contribution in [3.8, 4) is 0 Å². The Hall–Kier alpha value is -2.71. The molecule has 0 unspecified atom stereocenters. The quantitative estimate of drug-likeness (QED) is 0.778. The molecule has 2 aromatic heterocycles. The normalized spacial score (nSPS) is 12.0. The zero-order chi connectivity index (χ0) is 15.0. The molecule has 0 saturated carbocycles. The first-order chi connectivity index (χ1) is 9.95. The van der Waals surface area contributed by atoms with Crippen LogP contribution in [0.1, 0.15) is 11.4 Å². The van der Waals surface area contributed by atoms with Crippen LogP contribution in [0.4, 0.5) is 13.2 Å². The molecule has 0 saturated heterocycles. The van der Waals surface area contributed by atoms with Gasteiger partial charge in [-0.3, -0.25) is 4.79 Å². The molecule has 0 spiro atoms. The molecule has 0 atom stereocenters. The van der Waals surface area contributed by atoms with E-state index in [4.69, 9.17) is 0 Å². The molecule has 0 fully saturated rings. The first kappa shape index (κ1) is 13.3. The number of benzene rings is 1. The fourth-order valence-corrected chi connectivity index (χ4v) is 1.86. The van der Waals surface area contributed by atoms with Crippen molar-refractivity contribution in [1.29, 1.82) is 0 Å². The van der Waals surface area contributed by atoms with Gasteiger partial charge in [-0.15, -0.1) is 5.10 Å². The van der Waals surface area contributed by atoms with Crippen molar-refractivity contribution >= 4 is 11.2 Å². The van der Waals surface area contributed by atoms with Crippen molar-refractivity contribution in [2.75, 3.05) is 0 Å². The average molecular weight is 295 g/mol. The predicted octanol–water partition coefficient (Wildman–Crippen LogP) is 1.58. The first-order valence-electron chi connectivity index (χ1n) is 5.90. The van der Waals surface area contributed by atoms with Gasteiger partial charge in [-0.05, 0) is 5.56 Å². The molecule has 6 nitrogen and oxygen atoms in total. The van der Waals surface area contributed by atoms with Gasteiger partial charge in [-0.1, -0.05) is 35.5 Å². The summed E-state index contributed by atoms with van der Waals surface area (Å²) in [5.74, 6) is -1.36. The number of aromatic nitrogens is 5. The molecule has 0 amide bonds. The zero-order valence-corrected chi connectivity index (χ0v) is 10.4. The maximum Gasteiger partial charge on any atom is 0.449 e. The third kappa shape index (κ3) is 2.49. The van der Waals surface area contributed by atoms with Crippen LogP contribution in [0.3, 0.4) is 0 Å². The minimum absolute atomic E-state index is 0.172. The van der Waals surface area contributed by atoms with E-state index >= 15 is 0 Å². The summed E-state index contributed by atoms with van der Waals surface area (Å²) in [5.41, 5.74) is -0.583. The minimum Gasteiger partial charge on any atom is -0.301 e. The fourth-order valence-electron chi connectivity index (χ4n) is 1.86. The largest absolute Gasteiger partial charge is 0.449 e. The fraction of sp³-hybridized carbons (Fsp3) is 0.167. The van der Waals surface area contributed by atoms with Gasteiger partial charge in [-0.25, -0.2) is 9.67 Å². The van der Waals surface area contributed by atoms with Gasteiger partial charge in [-0.2, -0.15) is 13.2 Å². The zero-order valence-electron chi connectivity index (χ0n) is 10.4. The van der Waals surface area contributed by atoms with E-state index in [0.29, 0.717) is 0 Å². The molecular formula is C12H8F3N5O. The molecule has 0 bridgehead atoms. The Labute approximate surface area is 115 Å². The lowest BCUT2D eigenvalue weighted by Gasteiger charge is -2.06. The molecule has 3 aromatic rings. The minimum atomic E-state index is -4.74. The molecule has 0 aliphatic rings. The number of hydrogen-bond acceptors (Lipinski definition) is 4. The Morgan fingerprint density at radius 1 is 1.19 bits per heavy atom. The van der Waals surface area contributed by atoms with E-state index in [9.17, 15) is 18.0 Å². The van der Waals surface area contributed by atoms with Crippen molar-refractivity contribution in [2.45, 2.75) is 12.7 Å². The van der Waals surface area contributed by atoms with Gasteiger partial charge in [0.05, 0.1) is 6.54 Å². The molecule has 1 aromatic carbocycles. The maximum absolute atomic E-state index is 12.7. The second kappa shape index (κ2) is 4.69. The van der Waals surface area contributed by atoms with Crippen LogP contribution in [-0.4, -0.2) is 25.0 Å². The van der Waals surface area contributed by atoms with Crippen molar-refractivity contribution < 1.29 is 13.2 Å². The van der Waals surface area contributed by atoms with Crippen LogP contribution in [0.2, 0.25) is 0 Å². The Bertz CT molecular complexity index is 837. The third-order valence-electron chi connectivity index (χ3n) is 2.82. The number of H-pyrrole nitrogens is 1. The number of halogens is 3. The van der Waals surface area contributed by atoms with Gasteiger partial charge in [0.25, 0.3) is 5.56 Å². The lowest BCUT2D eigenvalue weighted by molar-refractivity contribution is -0.144. The van der Waals surface area contributed by atoms with E-state index in [2.05, 4.69) is 15.3 Å². The topological polar surface area (TPSA) is 76.5 Å². The number of alkyl halides is 3. The molecule has 21 heavy (non-hydrogen) atoms. The summed E-state index contributed by atoms with van der Waals surface area (Å²) in [6.45, 7) is 0.172. The van der Waals surface area contributed by atoms with Gasteiger partial charge in [0, 0.05) is 0 Å². The summed E-state index contributed by atoms with van der Waals surface area (Å²) < 4.78 is 39.2. The number of aromatic amines is 1. The lowest BCUT2D eigenvalue weighted by Crippen LogP contribution is -2.19. The second-order valence-electron chi connectivity index (χ2n) is 4.32. The van der Waals surface area contributed by atoms with Crippen LogP contribution >= 0.6 is 0 Å². The SMILES string of the molecule is O=c1[nH]c(C(F)(F)F)nc2c1nnn2Cc1ccccc1. The van der Waals surface area contributed by atoms with E-state index in [-0.39, 0.29) is 17.7 Å². The van der Waals surface area contributed by atoms with Gasteiger partial charge in [0.2, 0.25) is 5.82 Å². The third-order valence-corrected chi connectivity index (χ3v) is 2.82. The molecule has 108 valence electrons. The maximum atomic E-state index is 12.7. The number of hydrogen-bond donors (Lipinski definition) is 1. The smallest absolute Gasteiger partial charge is 0.301 e. The van der Waals surface area contributed by atoms with Crippen molar-refractivity contribution in [2.24, 2.45) is 0 Å². The van der Waals surface area contributed by atoms with Crippen molar-refractivity contribution in [1.82, 2.24) is 25.0 Å². The Morgan fingerprint density at radius 2 is 1.90 bits per heavy atom. The van der Waals surface area contributed by atoms with Gasteiger partial charge in [0.15, 0.2) is 11.2 Å². The summed E-state index contributed by atoms with van der Waals surface area (Å²) in [7, 11) is 0. The van der Waals surface area contributed by atoms with Gasteiger partial charge >= 0.3 is 6.18 Å². The molecular weight excluding hydrogens is 287 g/mol. The van der Waals surface area contributed by atoms with E-state index in [1.165, 1.54) is 0 Å². The molecule has 0 aliphatic carbocycles. The molecule has 0 radical (unpaired) electrons. The van der Waals surface area contributed by atoms with Crippen molar-refractivity contribution in [3.05, 3.63) is 52.1 Å². The lowest BCUT2D eigenvalue weighted by atomic mass is 10.2. The van der Waals surface area contributed by atoms with Crippen LogP contribution in [-0.2, 0) is 12.7 Å². The van der Waals surface area contributed by atoms with Crippen LogP contribution in [0.15, 0.2) is 35.1 Å². The van der Waals surface area contributed by atoms with Gasteiger partial charge in [0.1, 0.15) is 0 Å². The highest BCUT2D eigenvalue weighted by atomic mass is 19.4. The van der Waals surface area contributed by atoms with E-state index in [0.717, 1.165) is 10.2 Å². The van der Waals surface area contributed by atoms with Crippen LogP contribution in [0.5, 0.6) is 0 Å². The molecule has 3 rings (SSSR count). The van der Waals surface area contributed by atoms with E-state index in [1.807, 2.05) is 6.07 Å². The predicted molar refractivity (Wildman–Crippen MR) is 66.5 cm³/mol. The molecule has 2 heterocycles. The Balaban J connectivity index is 2.12. The van der Waals surface area contributed by atoms with Gasteiger partial charge < -0.3 is 4.98 Å². The Kier molecular flexibility index (Phi) is 2.96. The summed E-state index contributed by atoms with van der Waals surface area (Å²) in [5, 5.41) is 7.27. The number of nitrogens with zero attached hydrogens (tertiary/aromatic N) is 4. The molecule has 9 heteroatoms. The summed E-state index contributed by atoms with van der Waals surface area (Å²) in [6.07, 6.45) is -4.74. The number of fused-ring (bicyclic) bond motifs is 1. The van der Waals surface area contributed by atoms with E-state index < -0.39 is 17.6 Å². The molecule has 1 N–H and O–H groups in total. The standard InChI is InChI=1S/C12H8F3N5O/c13-12(14,15)11-16-9-8(10(21)17-11)18-19-20(9)6-7-4-2-1-3-5-7/h1-5H,6H2,(H,16,17,21). The second-order valence-corrected chi connectivity index (χ2v) is 4.32. The van der Waals surface area contributed by atoms with Crippen LogP contribution in [0, 0.1) is 0 Å². The van der Waals surface area contributed by atoms with Crippen LogP contribution < -0.4 is 5.56 Å². The monoisotopic (exact) mass is 295 g/mol. The highest BCUT2D eigenvalue weighted by molar-refractivity contribution is 5.68. The number of rotatable bonds is 2. The van der Waals surface area contributed by atoms with Crippen LogP contribution in [0.25, 0.3) is 11.2 Å². The van der Waals surface area contributed by atoms with E-state index in [1.54, 1.807) is 29.2 Å². The summed E-state index contributed by atoms with van der Waals surface area (Å²) >= 11 is 0. The van der Waals surface area contributed by atoms with Crippen molar-refractivity contribution in [3.63, 3.8) is 0 Å². The summed E-state index contributed by atoms with van der Waals surface area (Å²) in [6, 6.07) is 8.95.